The summed E-state index contributed by atoms with van der Waals surface area (Å²) in [5.74, 6) is -0.389. The van der Waals surface area contributed by atoms with Gasteiger partial charge in [-0.2, -0.15) is 4.31 Å². The molecule has 31 heavy (non-hydrogen) atoms. The van der Waals surface area contributed by atoms with E-state index in [1.54, 1.807) is 30.3 Å². The van der Waals surface area contributed by atoms with Crippen LogP contribution in [0.1, 0.15) is 44.7 Å². The molecule has 168 valence electrons. The fraction of sp³-hybridized carbons (Fsp3) is 0.435. The molecule has 0 radical (unpaired) electrons. The van der Waals surface area contributed by atoms with Crippen LogP contribution in [-0.2, 0) is 14.8 Å². The van der Waals surface area contributed by atoms with Gasteiger partial charge in [0, 0.05) is 24.8 Å². The third kappa shape index (κ3) is 6.12. The maximum absolute atomic E-state index is 13.2. The zero-order valence-electron chi connectivity index (χ0n) is 18.0. The highest BCUT2D eigenvalue weighted by Crippen LogP contribution is 2.24. The van der Waals surface area contributed by atoms with Gasteiger partial charge in [-0.25, -0.2) is 12.8 Å². The molecule has 6 nitrogen and oxygen atoms in total. The molecule has 1 aliphatic rings. The average molecular weight is 448 g/mol. The summed E-state index contributed by atoms with van der Waals surface area (Å²) in [6.45, 7) is 5.15. The minimum Gasteiger partial charge on any atom is -0.325 e. The van der Waals surface area contributed by atoms with Crippen molar-refractivity contribution in [2.75, 3.05) is 25.0 Å². The number of benzene rings is 2. The molecule has 1 atom stereocenters. The molecular formula is C23H30FN3O3S. The number of rotatable bonds is 8. The third-order valence-electron chi connectivity index (χ3n) is 5.45. The average Bonchev–Trinajstić information content (AvgIpc) is 2.75. The maximum atomic E-state index is 13.2. The number of carbonyl (C=O) groups is 1. The Balaban J connectivity index is 1.63. The van der Waals surface area contributed by atoms with Crippen molar-refractivity contribution in [2.24, 2.45) is 5.92 Å². The van der Waals surface area contributed by atoms with Crippen molar-refractivity contribution in [1.29, 1.82) is 0 Å². The highest BCUT2D eigenvalue weighted by Gasteiger charge is 2.26. The Labute approximate surface area is 183 Å². The summed E-state index contributed by atoms with van der Waals surface area (Å²) < 4.78 is 40.5. The molecule has 2 N–H and O–H groups in total. The number of piperidine rings is 1. The number of sulfonamides is 1. The number of carbonyl (C=O) groups excluding carboxylic acids is 1. The number of hydrogen-bond donors (Lipinski definition) is 2. The van der Waals surface area contributed by atoms with Crippen LogP contribution >= 0.6 is 0 Å². The van der Waals surface area contributed by atoms with E-state index in [2.05, 4.69) is 10.6 Å². The molecule has 0 unspecified atom stereocenters. The second-order valence-electron chi connectivity index (χ2n) is 8.19. The van der Waals surface area contributed by atoms with Gasteiger partial charge in [0.1, 0.15) is 5.82 Å². The lowest BCUT2D eigenvalue weighted by molar-refractivity contribution is -0.115. The number of hydrogen-bond acceptors (Lipinski definition) is 4. The van der Waals surface area contributed by atoms with Crippen LogP contribution in [0, 0.1) is 11.7 Å². The molecule has 2 aromatic carbocycles. The van der Waals surface area contributed by atoms with Gasteiger partial charge in [-0.05, 0) is 54.7 Å². The summed E-state index contributed by atoms with van der Waals surface area (Å²) in [5.41, 5.74) is 1.34. The fourth-order valence-electron chi connectivity index (χ4n) is 3.81. The van der Waals surface area contributed by atoms with Crippen LogP contribution in [-0.4, -0.2) is 38.3 Å². The molecule has 1 fully saturated rings. The molecule has 1 saturated heterocycles. The van der Waals surface area contributed by atoms with Crippen LogP contribution < -0.4 is 10.6 Å². The first-order valence-corrected chi connectivity index (χ1v) is 12.1. The van der Waals surface area contributed by atoms with Gasteiger partial charge in [-0.15, -0.1) is 0 Å². The van der Waals surface area contributed by atoms with E-state index in [1.807, 2.05) is 13.8 Å². The third-order valence-corrected chi connectivity index (χ3v) is 7.34. The van der Waals surface area contributed by atoms with Gasteiger partial charge < -0.3 is 10.6 Å². The number of amides is 1. The molecule has 1 amide bonds. The van der Waals surface area contributed by atoms with E-state index in [9.17, 15) is 17.6 Å². The summed E-state index contributed by atoms with van der Waals surface area (Å²) in [7, 11) is -3.56. The van der Waals surface area contributed by atoms with Crippen molar-refractivity contribution in [3.63, 3.8) is 0 Å². The monoisotopic (exact) mass is 447 g/mol. The summed E-state index contributed by atoms with van der Waals surface area (Å²) in [6.07, 6.45) is 2.78. The van der Waals surface area contributed by atoms with Gasteiger partial charge >= 0.3 is 0 Å². The van der Waals surface area contributed by atoms with Crippen molar-refractivity contribution < 1.29 is 17.6 Å². The molecule has 2 aromatic rings. The van der Waals surface area contributed by atoms with Gasteiger partial charge in [0.05, 0.1) is 11.4 Å². The van der Waals surface area contributed by atoms with E-state index in [0.717, 1.165) is 24.8 Å². The fourth-order valence-corrected chi connectivity index (χ4v) is 5.37. The second-order valence-corrected chi connectivity index (χ2v) is 10.1. The number of anilines is 1. The quantitative estimate of drug-likeness (QED) is 0.643. The van der Waals surface area contributed by atoms with E-state index < -0.39 is 10.0 Å². The Morgan fingerprint density at radius 3 is 2.39 bits per heavy atom. The number of nitrogens with one attached hydrogen (secondary N) is 2. The van der Waals surface area contributed by atoms with Gasteiger partial charge in [-0.3, -0.25) is 4.79 Å². The molecule has 0 saturated carbocycles. The summed E-state index contributed by atoms with van der Waals surface area (Å²) in [6, 6.07) is 12.5. The highest BCUT2D eigenvalue weighted by molar-refractivity contribution is 7.89. The first-order valence-electron chi connectivity index (χ1n) is 10.7. The van der Waals surface area contributed by atoms with Crippen molar-refractivity contribution in [3.05, 3.63) is 59.9 Å². The van der Waals surface area contributed by atoms with E-state index in [1.165, 1.54) is 22.5 Å². The van der Waals surface area contributed by atoms with Gasteiger partial charge in [-0.1, -0.05) is 38.5 Å². The molecule has 0 spiro atoms. The molecule has 1 heterocycles. The lowest BCUT2D eigenvalue weighted by atomic mass is 9.96. The van der Waals surface area contributed by atoms with Crippen LogP contribution in [0.3, 0.4) is 0 Å². The van der Waals surface area contributed by atoms with Crippen molar-refractivity contribution >= 4 is 21.6 Å². The van der Waals surface area contributed by atoms with Crippen LogP contribution in [0.4, 0.5) is 10.1 Å². The first-order chi connectivity index (χ1) is 14.8. The van der Waals surface area contributed by atoms with Crippen molar-refractivity contribution in [2.45, 2.75) is 44.0 Å². The van der Waals surface area contributed by atoms with Gasteiger partial charge in [0.2, 0.25) is 15.9 Å². The summed E-state index contributed by atoms with van der Waals surface area (Å²) in [5, 5.41) is 5.98. The smallest absolute Gasteiger partial charge is 0.243 e. The van der Waals surface area contributed by atoms with E-state index in [0.29, 0.717) is 18.8 Å². The Morgan fingerprint density at radius 2 is 1.74 bits per heavy atom. The molecule has 0 aliphatic carbocycles. The minimum atomic E-state index is -3.56. The SMILES string of the molecule is CC(C)[C@H](NCC(=O)Nc1cccc(S(=O)(=O)N2CCCCC2)c1)c1ccc(F)cc1. The molecule has 0 bridgehead atoms. The normalized spacial score (nSPS) is 16.3. The topological polar surface area (TPSA) is 78.5 Å². The largest absolute Gasteiger partial charge is 0.325 e. The lowest BCUT2D eigenvalue weighted by Crippen LogP contribution is -2.35. The first kappa shape index (κ1) is 23.4. The maximum Gasteiger partial charge on any atom is 0.243 e. The zero-order valence-corrected chi connectivity index (χ0v) is 18.8. The second kappa shape index (κ2) is 10.3. The molecule has 0 aromatic heterocycles. The summed E-state index contributed by atoms with van der Waals surface area (Å²) in [4.78, 5) is 12.7. The van der Waals surface area contributed by atoms with Crippen LogP contribution in [0.5, 0.6) is 0 Å². The number of halogens is 1. The van der Waals surface area contributed by atoms with E-state index in [4.69, 9.17) is 0 Å². The van der Waals surface area contributed by atoms with Crippen molar-refractivity contribution in [3.8, 4) is 0 Å². The Hall–Kier alpha value is -2.29. The number of nitrogens with zero attached hydrogens (tertiary/aromatic N) is 1. The minimum absolute atomic E-state index is 0.0450. The van der Waals surface area contributed by atoms with Gasteiger partial charge in [0.15, 0.2) is 0 Å². The van der Waals surface area contributed by atoms with Crippen LogP contribution in [0.15, 0.2) is 53.4 Å². The highest BCUT2D eigenvalue weighted by atomic mass is 32.2. The molecule has 8 heteroatoms. The molecule has 3 rings (SSSR count). The summed E-state index contributed by atoms with van der Waals surface area (Å²) >= 11 is 0. The standard InChI is InChI=1S/C23H30FN3O3S/c1-17(2)23(18-9-11-19(24)12-10-18)25-16-22(28)26-20-7-6-8-21(15-20)31(29,30)27-13-4-3-5-14-27/h6-12,15,17,23,25H,3-5,13-14,16H2,1-2H3,(H,26,28)/t23-/m0/s1. The van der Waals surface area contributed by atoms with Crippen LogP contribution in [0.25, 0.3) is 0 Å². The Bertz CT molecular complexity index is 987. The predicted molar refractivity (Wildman–Crippen MR) is 120 cm³/mol. The zero-order chi connectivity index (χ0) is 22.4. The predicted octanol–water partition coefficient (Wildman–Crippen LogP) is 3.93. The van der Waals surface area contributed by atoms with E-state index in [-0.39, 0.29) is 35.1 Å². The Morgan fingerprint density at radius 1 is 1.06 bits per heavy atom. The lowest BCUT2D eigenvalue weighted by Gasteiger charge is -2.26. The van der Waals surface area contributed by atoms with Crippen molar-refractivity contribution in [1.82, 2.24) is 9.62 Å². The van der Waals surface area contributed by atoms with Crippen LogP contribution in [0.2, 0.25) is 0 Å². The molecular weight excluding hydrogens is 417 g/mol. The van der Waals surface area contributed by atoms with E-state index >= 15 is 0 Å². The van der Waals surface area contributed by atoms with Gasteiger partial charge in [0.25, 0.3) is 0 Å². The Kier molecular flexibility index (Phi) is 7.80. The molecule has 1 aliphatic heterocycles.